The molecular formula is C22H26N2NaO2S+. The molecule has 4 nitrogen and oxygen atoms in total. The number of nitrogens with zero attached hydrogens (tertiary/aromatic N) is 1. The molecule has 0 saturated heterocycles. The zero-order valence-electron chi connectivity index (χ0n) is 16.7. The molecule has 1 aliphatic heterocycles. The summed E-state index contributed by atoms with van der Waals surface area (Å²) >= 11 is 5.23. The van der Waals surface area contributed by atoms with E-state index in [0.29, 0.717) is 17.0 Å². The van der Waals surface area contributed by atoms with E-state index in [1.165, 1.54) is 43.1 Å². The Balaban J connectivity index is 0.00000280. The van der Waals surface area contributed by atoms with E-state index in [0.717, 1.165) is 12.2 Å². The molecule has 0 amide bonds. The third kappa shape index (κ3) is 5.80. The molecule has 0 aromatic heterocycles. The number of para-hydroxylation sites is 2. The molecule has 0 unspecified atom stereocenters. The Labute approximate surface area is 194 Å². The van der Waals surface area contributed by atoms with Crippen molar-refractivity contribution in [3.8, 4) is 5.75 Å². The van der Waals surface area contributed by atoms with Crippen molar-refractivity contribution in [2.45, 2.75) is 45.4 Å². The molecule has 0 saturated carbocycles. The van der Waals surface area contributed by atoms with Gasteiger partial charge < -0.3 is 15.2 Å². The summed E-state index contributed by atoms with van der Waals surface area (Å²) in [6, 6.07) is 14.9. The van der Waals surface area contributed by atoms with Crippen molar-refractivity contribution >= 4 is 34.7 Å². The quantitative estimate of drug-likeness (QED) is 0.226. The Kier molecular flexibility index (Phi) is 9.45. The van der Waals surface area contributed by atoms with Crippen LogP contribution in [-0.2, 0) is 0 Å². The number of unbranched alkanes of at least 4 members (excludes halogenated alkanes) is 5. The molecule has 2 aromatic rings. The van der Waals surface area contributed by atoms with Gasteiger partial charge in [-0.25, -0.2) is 0 Å². The van der Waals surface area contributed by atoms with Gasteiger partial charge >= 0.3 is 34.7 Å². The van der Waals surface area contributed by atoms with E-state index in [1.54, 1.807) is 0 Å². The summed E-state index contributed by atoms with van der Waals surface area (Å²) < 4.78 is 6.96. The number of benzene rings is 2. The zero-order chi connectivity index (χ0) is 19.1. The van der Waals surface area contributed by atoms with Gasteiger partial charge in [0.1, 0.15) is 0 Å². The Hall–Kier alpha value is -1.40. The molecular weight excluding hydrogens is 379 g/mol. The van der Waals surface area contributed by atoms with Crippen LogP contribution in [0.1, 0.15) is 51.0 Å². The standard InChI is InChI=1S/C22H26N2O2S.Na/c1-2-3-4-5-6-9-16-23-18-14-12-17(13-15-18)21(25)24-19-10-7-8-11-20(19)26-22(24)27;/h7-8,10-15H,2-6,9,16H2,1H3,(H,23,25);/q;+1. The van der Waals surface area contributed by atoms with E-state index < -0.39 is 0 Å². The first-order valence-electron chi connectivity index (χ1n) is 9.70. The molecule has 2 aromatic carbocycles. The monoisotopic (exact) mass is 405 g/mol. The summed E-state index contributed by atoms with van der Waals surface area (Å²) in [6.07, 6.45) is 7.68. The van der Waals surface area contributed by atoms with Crippen molar-refractivity contribution in [1.29, 1.82) is 0 Å². The molecule has 3 rings (SSSR count). The minimum atomic E-state index is -0.174. The third-order valence-electron chi connectivity index (χ3n) is 4.68. The predicted octanol–water partition coefficient (Wildman–Crippen LogP) is 1.59. The van der Waals surface area contributed by atoms with Gasteiger partial charge in [-0.15, -0.1) is 4.58 Å². The Bertz CT molecular complexity index is 822. The molecule has 0 fully saturated rings. The minimum absolute atomic E-state index is 0. The summed E-state index contributed by atoms with van der Waals surface area (Å²) in [5, 5.41) is 16.4. The number of anilines is 1. The largest absolute Gasteiger partial charge is 1.00 e. The van der Waals surface area contributed by atoms with Gasteiger partial charge in [-0.1, -0.05) is 51.2 Å². The van der Waals surface area contributed by atoms with Gasteiger partial charge in [-0.05, 0) is 36.8 Å². The molecule has 0 atom stereocenters. The SMILES string of the molecule is CCCCCCCCNc1ccc(C([O-])=[N+]2C(=S)Oc3ccccc32)cc1.[Na+]. The number of hydrogen-bond acceptors (Lipinski definition) is 4. The van der Waals surface area contributed by atoms with Gasteiger partial charge in [0.05, 0.1) is 0 Å². The Morgan fingerprint density at radius 3 is 2.43 bits per heavy atom. The van der Waals surface area contributed by atoms with E-state index in [9.17, 15) is 5.11 Å². The van der Waals surface area contributed by atoms with Crippen molar-refractivity contribution in [1.82, 2.24) is 0 Å². The van der Waals surface area contributed by atoms with E-state index in [-0.39, 0.29) is 40.6 Å². The molecule has 0 aliphatic carbocycles. The maximum atomic E-state index is 12.9. The van der Waals surface area contributed by atoms with Crippen LogP contribution >= 0.6 is 12.2 Å². The molecule has 6 heteroatoms. The van der Waals surface area contributed by atoms with Gasteiger partial charge in [-0.3, -0.25) is 0 Å². The topological polar surface area (TPSA) is 47.3 Å². The number of hydrogen-bond donors (Lipinski definition) is 1. The number of nitrogens with one attached hydrogen (secondary N) is 1. The molecule has 0 spiro atoms. The second-order valence-corrected chi connectivity index (χ2v) is 7.10. The van der Waals surface area contributed by atoms with Crippen molar-refractivity contribution in [3.63, 3.8) is 0 Å². The minimum Gasteiger partial charge on any atom is -0.822 e. The average molecular weight is 406 g/mol. The summed E-state index contributed by atoms with van der Waals surface area (Å²) in [7, 11) is 0. The van der Waals surface area contributed by atoms with Crippen LogP contribution in [0.5, 0.6) is 5.75 Å². The molecule has 28 heavy (non-hydrogen) atoms. The van der Waals surface area contributed by atoms with E-state index in [1.807, 2.05) is 48.5 Å². The number of ether oxygens (including phenoxy) is 1. The van der Waals surface area contributed by atoms with Gasteiger partial charge in [-0.2, -0.15) is 0 Å². The van der Waals surface area contributed by atoms with E-state index in [4.69, 9.17) is 17.0 Å². The van der Waals surface area contributed by atoms with Gasteiger partial charge in [0.15, 0.2) is 5.90 Å². The first kappa shape index (κ1) is 22.9. The van der Waals surface area contributed by atoms with Crippen LogP contribution in [0.2, 0.25) is 0 Å². The van der Waals surface area contributed by atoms with Crippen LogP contribution in [0.15, 0.2) is 48.5 Å². The van der Waals surface area contributed by atoms with E-state index in [2.05, 4.69) is 12.2 Å². The summed E-state index contributed by atoms with van der Waals surface area (Å²) in [5.74, 6) is 0.445. The fraction of sp³-hybridized carbons (Fsp3) is 0.364. The van der Waals surface area contributed by atoms with Crippen molar-refractivity contribution in [2.75, 3.05) is 11.9 Å². The first-order chi connectivity index (χ1) is 13.2. The molecule has 0 bridgehead atoms. The predicted molar refractivity (Wildman–Crippen MR) is 112 cm³/mol. The number of rotatable bonds is 9. The molecule has 0 radical (unpaired) electrons. The average Bonchev–Trinajstić information content (AvgIpc) is 3.03. The van der Waals surface area contributed by atoms with Crippen LogP contribution in [0.25, 0.3) is 0 Å². The van der Waals surface area contributed by atoms with Crippen LogP contribution in [0.4, 0.5) is 11.4 Å². The summed E-state index contributed by atoms with van der Waals surface area (Å²) in [6.45, 7) is 3.19. The zero-order valence-corrected chi connectivity index (χ0v) is 19.6. The third-order valence-corrected chi connectivity index (χ3v) is 4.95. The van der Waals surface area contributed by atoms with Crippen LogP contribution < -0.4 is 44.7 Å². The molecule has 1 aliphatic rings. The Morgan fingerprint density at radius 1 is 1.00 bits per heavy atom. The second kappa shape index (κ2) is 11.6. The van der Waals surface area contributed by atoms with E-state index >= 15 is 0 Å². The Morgan fingerprint density at radius 2 is 1.68 bits per heavy atom. The first-order valence-corrected chi connectivity index (χ1v) is 10.1. The maximum Gasteiger partial charge on any atom is 1.00 e. The van der Waals surface area contributed by atoms with Gasteiger partial charge in [0, 0.05) is 36.1 Å². The van der Waals surface area contributed by atoms with Gasteiger partial charge in [0.25, 0.3) is 5.69 Å². The summed E-state index contributed by atoms with van der Waals surface area (Å²) in [4.78, 5) is 0. The summed E-state index contributed by atoms with van der Waals surface area (Å²) in [5.41, 5.74) is 2.31. The smallest absolute Gasteiger partial charge is 0.822 e. The van der Waals surface area contributed by atoms with Crippen LogP contribution in [0, 0.1) is 0 Å². The molecule has 1 heterocycles. The maximum absolute atomic E-state index is 12.9. The number of thiocarbonyl (C=S) groups is 1. The normalized spacial score (nSPS) is 14.1. The van der Waals surface area contributed by atoms with Crippen molar-refractivity contribution < 1.29 is 44.0 Å². The number of fused-ring (bicyclic) bond motifs is 1. The van der Waals surface area contributed by atoms with Crippen LogP contribution in [-0.4, -0.2) is 22.2 Å². The fourth-order valence-corrected chi connectivity index (χ4v) is 3.43. The van der Waals surface area contributed by atoms with Crippen molar-refractivity contribution in [2.24, 2.45) is 0 Å². The van der Waals surface area contributed by atoms with Gasteiger partial charge in [0.2, 0.25) is 5.75 Å². The molecule has 142 valence electrons. The molecule has 1 N–H and O–H groups in total. The van der Waals surface area contributed by atoms with Crippen LogP contribution in [0.3, 0.4) is 0 Å². The van der Waals surface area contributed by atoms with Crippen molar-refractivity contribution in [3.05, 3.63) is 54.1 Å². The fourth-order valence-electron chi connectivity index (χ4n) is 3.16. The second-order valence-electron chi connectivity index (χ2n) is 6.75.